The second-order valence-corrected chi connectivity index (χ2v) is 4.97. The van der Waals surface area contributed by atoms with Crippen LogP contribution in [0.5, 0.6) is 0 Å². The van der Waals surface area contributed by atoms with E-state index >= 15 is 0 Å². The van der Waals surface area contributed by atoms with Crippen molar-refractivity contribution in [3.8, 4) is 0 Å². The van der Waals surface area contributed by atoms with Gasteiger partial charge in [-0.05, 0) is 18.6 Å². The zero-order chi connectivity index (χ0) is 14.6. The number of hydrogen-bond donors (Lipinski definition) is 1. The van der Waals surface area contributed by atoms with Crippen molar-refractivity contribution in [2.24, 2.45) is 0 Å². The van der Waals surface area contributed by atoms with Crippen LogP contribution in [0, 0.1) is 0 Å². The first-order valence-electron chi connectivity index (χ1n) is 5.47. The average Bonchev–Trinajstić information content (AvgIpc) is 2.25. The van der Waals surface area contributed by atoms with Crippen molar-refractivity contribution in [1.82, 2.24) is 4.90 Å². The smallest absolute Gasteiger partial charge is 0.401 e. The molecule has 1 unspecified atom stereocenters. The first-order chi connectivity index (χ1) is 8.70. The Hall–Kier alpha value is -1.08. The molecular formula is C12H13BrF3NO2. The normalized spacial score (nSPS) is 13.6. The van der Waals surface area contributed by atoms with Crippen molar-refractivity contribution in [3.63, 3.8) is 0 Å². The van der Waals surface area contributed by atoms with E-state index in [-0.39, 0.29) is 0 Å². The Labute approximate surface area is 117 Å². The van der Waals surface area contributed by atoms with Gasteiger partial charge in [0.25, 0.3) is 0 Å². The van der Waals surface area contributed by atoms with Crippen LogP contribution in [0.3, 0.4) is 0 Å². The number of nitrogens with zero attached hydrogens (tertiary/aromatic N) is 1. The highest BCUT2D eigenvalue weighted by molar-refractivity contribution is 9.10. The van der Waals surface area contributed by atoms with Gasteiger partial charge in [-0.1, -0.05) is 34.1 Å². The minimum Gasteiger partial charge on any atom is -0.480 e. The molecule has 3 nitrogen and oxygen atoms in total. The van der Waals surface area contributed by atoms with E-state index in [0.29, 0.717) is 10.0 Å². The second kappa shape index (κ2) is 6.38. The fourth-order valence-electron chi connectivity index (χ4n) is 1.74. The molecule has 1 aromatic rings. The van der Waals surface area contributed by atoms with Crippen molar-refractivity contribution < 1.29 is 23.1 Å². The maximum absolute atomic E-state index is 12.5. The predicted octanol–water partition coefficient (Wildman–Crippen LogP) is 3.46. The molecule has 0 spiro atoms. The molecule has 1 atom stereocenters. The van der Waals surface area contributed by atoms with Crippen molar-refractivity contribution in [2.45, 2.75) is 19.1 Å². The van der Waals surface area contributed by atoms with Crippen LogP contribution in [-0.4, -0.2) is 35.2 Å². The molecule has 0 aliphatic rings. The van der Waals surface area contributed by atoms with Gasteiger partial charge in [0.15, 0.2) is 0 Å². The molecule has 0 saturated carbocycles. The molecule has 0 saturated heterocycles. The average molecular weight is 340 g/mol. The van der Waals surface area contributed by atoms with Crippen molar-refractivity contribution >= 4 is 21.9 Å². The van der Waals surface area contributed by atoms with E-state index in [1.54, 1.807) is 31.2 Å². The van der Waals surface area contributed by atoms with Gasteiger partial charge in [-0.15, -0.1) is 0 Å². The number of aliphatic carboxylic acids is 1. The summed E-state index contributed by atoms with van der Waals surface area (Å²) in [6.45, 7) is -0.376. The molecule has 106 valence electrons. The molecule has 1 aromatic carbocycles. The van der Waals surface area contributed by atoms with Crippen LogP contribution >= 0.6 is 15.9 Å². The molecule has 1 N–H and O–H groups in total. The lowest BCUT2D eigenvalue weighted by atomic mass is 10.1. The number of hydrogen-bond acceptors (Lipinski definition) is 2. The Morgan fingerprint density at radius 1 is 1.42 bits per heavy atom. The molecule has 0 aliphatic heterocycles. The number of carboxylic acids is 1. The number of halogens is 4. The molecular weight excluding hydrogens is 327 g/mol. The first kappa shape index (κ1) is 16.0. The largest absolute Gasteiger partial charge is 0.480 e. The number of rotatable bonds is 5. The summed E-state index contributed by atoms with van der Waals surface area (Å²) >= 11 is 3.26. The van der Waals surface area contributed by atoms with Gasteiger partial charge < -0.3 is 5.11 Å². The monoisotopic (exact) mass is 339 g/mol. The molecule has 1 rings (SSSR count). The Bertz CT molecular complexity index is 451. The zero-order valence-electron chi connectivity index (χ0n) is 10.1. The van der Waals surface area contributed by atoms with Crippen molar-refractivity contribution in [2.75, 3.05) is 13.1 Å². The fourth-order valence-corrected chi connectivity index (χ4v) is 2.36. The van der Waals surface area contributed by atoms with Crippen molar-refractivity contribution in [1.29, 1.82) is 0 Å². The first-order valence-corrected chi connectivity index (χ1v) is 6.27. The summed E-state index contributed by atoms with van der Waals surface area (Å²) in [4.78, 5) is 11.6. The van der Waals surface area contributed by atoms with Gasteiger partial charge in [0, 0.05) is 10.5 Å². The maximum atomic E-state index is 12.5. The molecule has 0 fully saturated rings. The molecule has 7 heteroatoms. The third-order valence-corrected chi connectivity index (χ3v) is 3.35. The van der Waals surface area contributed by atoms with Gasteiger partial charge in [-0.3, -0.25) is 9.69 Å². The highest BCUT2D eigenvalue weighted by Gasteiger charge is 2.34. The highest BCUT2D eigenvalue weighted by atomic mass is 79.9. The Morgan fingerprint density at radius 2 is 2.00 bits per heavy atom. The summed E-state index contributed by atoms with van der Waals surface area (Å²) < 4.78 is 38.1. The molecule has 0 aromatic heterocycles. The number of benzene rings is 1. The van der Waals surface area contributed by atoms with Crippen molar-refractivity contribution in [3.05, 3.63) is 34.3 Å². The van der Waals surface area contributed by atoms with Crippen LogP contribution in [0.2, 0.25) is 0 Å². The van der Waals surface area contributed by atoms with E-state index in [0.717, 1.165) is 4.90 Å². The van der Waals surface area contributed by atoms with Crippen LogP contribution in [0.4, 0.5) is 13.2 Å². The minimum absolute atomic E-state index is 0.619. The summed E-state index contributed by atoms with van der Waals surface area (Å²) in [5, 5.41) is 8.73. The van der Waals surface area contributed by atoms with Crippen LogP contribution in [0.25, 0.3) is 0 Å². The van der Waals surface area contributed by atoms with Gasteiger partial charge >= 0.3 is 12.1 Å². The molecule has 0 bridgehead atoms. The van der Waals surface area contributed by atoms with Gasteiger partial charge in [-0.25, -0.2) is 0 Å². The quantitative estimate of drug-likeness (QED) is 0.893. The molecule has 0 heterocycles. The van der Waals surface area contributed by atoms with E-state index in [4.69, 9.17) is 5.11 Å². The fraction of sp³-hybridized carbons (Fsp3) is 0.417. The SMILES string of the molecule is CC(c1ccccc1Br)N(CC(=O)O)CC(F)(F)F. The summed E-state index contributed by atoms with van der Waals surface area (Å²) in [5.41, 5.74) is 0.619. The molecule has 0 radical (unpaired) electrons. The van der Waals surface area contributed by atoms with Gasteiger partial charge in [0.05, 0.1) is 13.1 Å². The predicted molar refractivity (Wildman–Crippen MR) is 67.8 cm³/mol. The Morgan fingerprint density at radius 3 is 2.47 bits per heavy atom. The summed E-state index contributed by atoms with van der Waals surface area (Å²) in [6, 6.07) is 6.15. The van der Waals surface area contributed by atoms with Crippen LogP contribution in [0.1, 0.15) is 18.5 Å². The van der Waals surface area contributed by atoms with E-state index in [1.165, 1.54) is 0 Å². The zero-order valence-corrected chi connectivity index (χ0v) is 11.7. The molecule has 0 amide bonds. The number of alkyl halides is 3. The van der Waals surface area contributed by atoms with Crippen LogP contribution < -0.4 is 0 Å². The van der Waals surface area contributed by atoms with Crippen LogP contribution in [-0.2, 0) is 4.79 Å². The third kappa shape index (κ3) is 5.20. The topological polar surface area (TPSA) is 40.5 Å². The highest BCUT2D eigenvalue weighted by Crippen LogP contribution is 2.29. The van der Waals surface area contributed by atoms with E-state index in [9.17, 15) is 18.0 Å². The number of carbonyl (C=O) groups is 1. The lowest BCUT2D eigenvalue weighted by molar-refractivity contribution is -0.157. The maximum Gasteiger partial charge on any atom is 0.401 e. The van der Waals surface area contributed by atoms with Crippen LogP contribution in [0.15, 0.2) is 28.7 Å². The Balaban J connectivity index is 2.97. The summed E-state index contributed by atoms with van der Waals surface area (Å²) in [5.74, 6) is -1.29. The van der Waals surface area contributed by atoms with E-state index in [2.05, 4.69) is 15.9 Å². The lowest BCUT2D eigenvalue weighted by Crippen LogP contribution is -2.39. The lowest BCUT2D eigenvalue weighted by Gasteiger charge is -2.29. The Kier molecular flexibility index (Phi) is 5.37. The number of carboxylic acid groups (broad SMARTS) is 1. The summed E-state index contributed by atoms with van der Waals surface area (Å²) in [6.07, 6.45) is -4.44. The van der Waals surface area contributed by atoms with E-state index < -0.39 is 31.3 Å². The van der Waals surface area contributed by atoms with Gasteiger partial charge in [0.1, 0.15) is 0 Å². The minimum atomic E-state index is -4.44. The van der Waals surface area contributed by atoms with E-state index in [1.807, 2.05) is 0 Å². The molecule has 0 aliphatic carbocycles. The summed E-state index contributed by atoms with van der Waals surface area (Å²) in [7, 11) is 0. The second-order valence-electron chi connectivity index (χ2n) is 4.11. The molecule has 19 heavy (non-hydrogen) atoms. The van der Waals surface area contributed by atoms with Gasteiger partial charge in [0.2, 0.25) is 0 Å². The van der Waals surface area contributed by atoms with Gasteiger partial charge in [-0.2, -0.15) is 13.2 Å². The third-order valence-electron chi connectivity index (χ3n) is 2.62. The standard InChI is InChI=1S/C12H13BrF3NO2/c1-8(9-4-2-3-5-10(9)13)17(6-11(18)19)7-12(14,15)16/h2-5,8H,6-7H2,1H3,(H,18,19).